The molecule has 1 N–H and O–H groups in total. The average Bonchev–Trinajstić information content (AvgIpc) is 3.22. The lowest BCUT2D eigenvalue weighted by Gasteiger charge is -2.39. The van der Waals surface area contributed by atoms with Gasteiger partial charge in [0.05, 0.1) is 18.4 Å². The molecule has 6 nitrogen and oxygen atoms in total. The number of guanidine groups is 1. The highest BCUT2D eigenvalue weighted by atomic mass is 127. The molecule has 1 aliphatic heterocycles. The second kappa shape index (κ2) is 11.0. The van der Waals surface area contributed by atoms with Crippen LogP contribution in [0.2, 0.25) is 0 Å². The fourth-order valence-corrected chi connectivity index (χ4v) is 3.99. The number of imidazole rings is 1. The highest BCUT2D eigenvalue weighted by Gasteiger charge is 2.30. The quantitative estimate of drug-likeness (QED) is 0.364. The van der Waals surface area contributed by atoms with Crippen LogP contribution in [-0.4, -0.2) is 66.1 Å². The van der Waals surface area contributed by atoms with E-state index >= 15 is 0 Å². The fraction of sp³-hybridized carbons (Fsp3) is 0.524. The van der Waals surface area contributed by atoms with Gasteiger partial charge in [0.1, 0.15) is 11.6 Å². The van der Waals surface area contributed by atoms with Crippen molar-refractivity contribution < 1.29 is 8.78 Å². The van der Waals surface area contributed by atoms with E-state index in [1.165, 1.54) is 18.2 Å². The van der Waals surface area contributed by atoms with Gasteiger partial charge in [-0.25, -0.2) is 13.8 Å². The number of benzene rings is 1. The van der Waals surface area contributed by atoms with E-state index in [-0.39, 0.29) is 29.5 Å². The van der Waals surface area contributed by atoms with Crippen molar-refractivity contribution in [2.45, 2.75) is 25.4 Å². The number of aliphatic imine (C=N–C) groups is 1. The highest BCUT2D eigenvalue weighted by Crippen LogP contribution is 2.28. The van der Waals surface area contributed by atoms with Crippen LogP contribution in [0.3, 0.4) is 0 Å². The topological polar surface area (TPSA) is 48.7 Å². The van der Waals surface area contributed by atoms with Crippen LogP contribution in [0.25, 0.3) is 0 Å². The molecule has 1 aliphatic rings. The van der Waals surface area contributed by atoms with Crippen LogP contribution < -0.4 is 5.32 Å². The lowest BCUT2D eigenvalue weighted by Crippen LogP contribution is -2.50. The second-order valence-corrected chi connectivity index (χ2v) is 7.83. The minimum Gasteiger partial charge on any atom is -0.354 e. The zero-order chi connectivity index (χ0) is 21.0. The minimum atomic E-state index is -0.535. The summed E-state index contributed by atoms with van der Waals surface area (Å²) in [6.07, 6.45) is 6.67. The maximum absolute atomic E-state index is 14.3. The Morgan fingerprint density at radius 2 is 2.03 bits per heavy atom. The molecular weight excluding hydrogens is 501 g/mol. The van der Waals surface area contributed by atoms with E-state index < -0.39 is 17.7 Å². The number of hydrogen-bond donors (Lipinski definition) is 1. The van der Waals surface area contributed by atoms with Crippen LogP contribution in [0.5, 0.6) is 0 Å². The minimum absolute atomic E-state index is 0. The van der Waals surface area contributed by atoms with Crippen molar-refractivity contribution in [3.63, 3.8) is 0 Å². The summed E-state index contributed by atoms with van der Waals surface area (Å²) in [6.45, 7) is 4.28. The Bertz CT molecular complexity index is 807. The van der Waals surface area contributed by atoms with Crippen LogP contribution in [-0.2, 0) is 0 Å². The monoisotopic (exact) mass is 532 g/mol. The number of nitrogens with one attached hydrogen (secondary N) is 1. The van der Waals surface area contributed by atoms with E-state index in [9.17, 15) is 8.78 Å². The number of halogens is 3. The Hall–Kier alpha value is -1.75. The molecule has 1 fully saturated rings. The molecule has 3 rings (SSSR count). The standard InChI is InChI=1S/C21H30F2N6.HI/c1-15-8-10-28(13-19(15)29-11-9-25-14-29)21(24-2)26-12-18(27(3)4)20-16(22)6-5-7-17(20)23;/h5-7,9,11,14-15,18-19H,8,10,12-13H2,1-4H3,(H,24,26);1H. The Morgan fingerprint density at radius 1 is 1.33 bits per heavy atom. The molecular formula is C21H31F2IN6. The molecule has 30 heavy (non-hydrogen) atoms. The van der Waals surface area contributed by atoms with Gasteiger partial charge in [-0.15, -0.1) is 24.0 Å². The number of likely N-dealkylation sites (tertiary alicyclic amines) is 1. The van der Waals surface area contributed by atoms with E-state index in [0.717, 1.165) is 25.5 Å². The predicted octanol–water partition coefficient (Wildman–Crippen LogP) is 3.54. The summed E-state index contributed by atoms with van der Waals surface area (Å²) in [6, 6.07) is 3.83. The maximum Gasteiger partial charge on any atom is 0.193 e. The van der Waals surface area contributed by atoms with Crippen molar-refractivity contribution in [3.05, 3.63) is 54.1 Å². The van der Waals surface area contributed by atoms with Gasteiger partial charge in [0, 0.05) is 44.6 Å². The molecule has 0 spiro atoms. The highest BCUT2D eigenvalue weighted by molar-refractivity contribution is 14.0. The largest absolute Gasteiger partial charge is 0.354 e. The molecule has 3 unspecified atom stereocenters. The Kier molecular flexibility index (Phi) is 9.02. The third-order valence-electron chi connectivity index (χ3n) is 5.75. The zero-order valence-corrected chi connectivity index (χ0v) is 20.3. The molecule has 0 bridgehead atoms. The third kappa shape index (κ3) is 5.48. The van der Waals surface area contributed by atoms with Crippen molar-refractivity contribution in [3.8, 4) is 0 Å². The van der Waals surface area contributed by atoms with Crippen molar-refractivity contribution in [2.75, 3.05) is 40.8 Å². The van der Waals surface area contributed by atoms with E-state index in [1.807, 2.05) is 31.5 Å². The lowest BCUT2D eigenvalue weighted by molar-refractivity contribution is 0.187. The van der Waals surface area contributed by atoms with Crippen molar-refractivity contribution in [2.24, 2.45) is 10.9 Å². The van der Waals surface area contributed by atoms with E-state index in [2.05, 4.69) is 31.7 Å². The molecule has 0 amide bonds. The number of rotatable bonds is 5. The van der Waals surface area contributed by atoms with Gasteiger partial charge in [0.15, 0.2) is 5.96 Å². The smallest absolute Gasteiger partial charge is 0.193 e. The Balaban J connectivity index is 0.00000320. The third-order valence-corrected chi connectivity index (χ3v) is 5.75. The van der Waals surface area contributed by atoms with Gasteiger partial charge in [0.2, 0.25) is 0 Å². The SMILES string of the molecule is CN=C(NCC(c1c(F)cccc1F)N(C)C)N1CCC(C)C(n2ccnc2)C1.I. The van der Waals surface area contributed by atoms with Gasteiger partial charge in [-0.3, -0.25) is 4.99 Å². The summed E-state index contributed by atoms with van der Waals surface area (Å²) in [4.78, 5) is 12.6. The Morgan fingerprint density at radius 3 is 2.60 bits per heavy atom. The van der Waals surface area contributed by atoms with Crippen LogP contribution in [0.4, 0.5) is 8.78 Å². The molecule has 9 heteroatoms. The average molecular weight is 532 g/mol. The fourth-order valence-electron chi connectivity index (χ4n) is 3.99. The van der Waals surface area contributed by atoms with Gasteiger partial charge in [-0.05, 0) is 38.6 Å². The normalized spacial score (nSPS) is 20.8. The van der Waals surface area contributed by atoms with E-state index in [0.29, 0.717) is 18.5 Å². The lowest BCUT2D eigenvalue weighted by atomic mass is 9.93. The van der Waals surface area contributed by atoms with Crippen molar-refractivity contribution in [1.29, 1.82) is 0 Å². The summed E-state index contributed by atoms with van der Waals surface area (Å²) in [5.74, 6) is 0.200. The number of nitrogens with zero attached hydrogens (tertiary/aromatic N) is 5. The number of likely N-dealkylation sites (N-methyl/N-ethyl adjacent to an activating group) is 1. The molecule has 166 valence electrons. The zero-order valence-electron chi connectivity index (χ0n) is 17.9. The van der Waals surface area contributed by atoms with Gasteiger partial charge < -0.3 is 19.7 Å². The van der Waals surface area contributed by atoms with Crippen molar-refractivity contribution in [1.82, 2.24) is 24.7 Å². The summed E-state index contributed by atoms with van der Waals surface area (Å²) in [7, 11) is 5.37. The molecule has 0 saturated carbocycles. The van der Waals surface area contributed by atoms with Crippen LogP contribution in [0, 0.1) is 17.6 Å². The molecule has 1 aromatic heterocycles. The number of piperidine rings is 1. The molecule has 3 atom stereocenters. The first-order chi connectivity index (χ1) is 13.9. The number of hydrogen-bond acceptors (Lipinski definition) is 3. The van der Waals surface area contributed by atoms with Gasteiger partial charge in [0.25, 0.3) is 0 Å². The first-order valence-electron chi connectivity index (χ1n) is 9.95. The summed E-state index contributed by atoms with van der Waals surface area (Å²) in [5.41, 5.74) is 0.0732. The second-order valence-electron chi connectivity index (χ2n) is 7.83. The molecule has 1 saturated heterocycles. The molecule has 0 aliphatic carbocycles. The van der Waals surface area contributed by atoms with Crippen LogP contribution >= 0.6 is 24.0 Å². The maximum atomic E-state index is 14.3. The summed E-state index contributed by atoms with van der Waals surface area (Å²) >= 11 is 0. The van der Waals surface area contributed by atoms with Crippen LogP contribution in [0.15, 0.2) is 41.9 Å². The van der Waals surface area contributed by atoms with Gasteiger partial charge >= 0.3 is 0 Å². The number of aromatic nitrogens is 2. The molecule has 2 aromatic rings. The summed E-state index contributed by atoms with van der Waals surface area (Å²) < 4.78 is 30.8. The first kappa shape index (κ1) is 24.5. The van der Waals surface area contributed by atoms with E-state index in [1.54, 1.807) is 13.2 Å². The van der Waals surface area contributed by atoms with Gasteiger partial charge in [-0.2, -0.15) is 0 Å². The molecule has 1 aromatic carbocycles. The van der Waals surface area contributed by atoms with E-state index in [4.69, 9.17) is 0 Å². The molecule has 2 heterocycles. The first-order valence-corrected chi connectivity index (χ1v) is 9.95. The molecule has 0 radical (unpaired) electrons. The predicted molar refractivity (Wildman–Crippen MR) is 126 cm³/mol. The van der Waals surface area contributed by atoms with Crippen molar-refractivity contribution >= 4 is 29.9 Å². The Labute approximate surface area is 194 Å². The van der Waals surface area contributed by atoms with Crippen LogP contribution in [0.1, 0.15) is 31.0 Å². The van der Waals surface area contributed by atoms with Gasteiger partial charge in [-0.1, -0.05) is 13.0 Å². The summed E-state index contributed by atoms with van der Waals surface area (Å²) in [5, 5.41) is 3.33.